The van der Waals surface area contributed by atoms with Crippen LogP contribution < -0.4 is 5.73 Å². The molecule has 5 nitrogen and oxygen atoms in total. The number of thioether (sulfide) groups is 1. The van der Waals surface area contributed by atoms with E-state index in [0.717, 1.165) is 34.5 Å². The summed E-state index contributed by atoms with van der Waals surface area (Å²) in [7, 11) is 1.98. The van der Waals surface area contributed by atoms with Crippen molar-refractivity contribution in [2.75, 3.05) is 5.75 Å². The lowest BCUT2D eigenvalue weighted by molar-refractivity contribution is -0.118. The van der Waals surface area contributed by atoms with Crippen molar-refractivity contribution in [2.24, 2.45) is 30.5 Å². The van der Waals surface area contributed by atoms with Crippen LogP contribution in [0.25, 0.3) is 0 Å². The fourth-order valence-corrected chi connectivity index (χ4v) is 4.99. The van der Waals surface area contributed by atoms with Gasteiger partial charge in [0.2, 0.25) is 5.91 Å². The van der Waals surface area contributed by atoms with Gasteiger partial charge < -0.3 is 10.3 Å². The Labute approximate surface area is 130 Å². The van der Waals surface area contributed by atoms with Gasteiger partial charge in [0.05, 0.1) is 0 Å². The number of hydrogen-bond acceptors (Lipinski definition) is 4. The highest BCUT2D eigenvalue weighted by molar-refractivity contribution is 7.99. The molecule has 0 aromatic carbocycles. The van der Waals surface area contributed by atoms with E-state index >= 15 is 0 Å². The first kappa shape index (κ1) is 14.9. The summed E-state index contributed by atoms with van der Waals surface area (Å²) in [5.41, 5.74) is 5.19. The van der Waals surface area contributed by atoms with Crippen LogP contribution in [-0.4, -0.2) is 26.4 Å². The summed E-state index contributed by atoms with van der Waals surface area (Å²) in [5.74, 6) is 4.49. The molecule has 21 heavy (non-hydrogen) atoms. The summed E-state index contributed by atoms with van der Waals surface area (Å²) in [6, 6.07) is 0. The molecule has 1 unspecified atom stereocenters. The van der Waals surface area contributed by atoms with Gasteiger partial charge >= 0.3 is 0 Å². The number of amides is 1. The second kappa shape index (κ2) is 6.38. The number of fused-ring (bicyclic) bond motifs is 3. The minimum atomic E-state index is -0.287. The highest BCUT2D eigenvalue weighted by atomic mass is 32.2. The normalized spacial score (nSPS) is 28.0. The molecule has 3 aliphatic carbocycles. The van der Waals surface area contributed by atoms with E-state index < -0.39 is 0 Å². The maximum absolute atomic E-state index is 10.9. The van der Waals surface area contributed by atoms with Gasteiger partial charge in [-0.2, -0.15) is 0 Å². The van der Waals surface area contributed by atoms with E-state index in [1.807, 2.05) is 23.4 Å². The maximum Gasteiger partial charge on any atom is 0.217 e. The average Bonchev–Trinajstić information content (AvgIpc) is 2.85. The summed E-state index contributed by atoms with van der Waals surface area (Å²) in [4.78, 5) is 10.9. The Morgan fingerprint density at radius 1 is 1.33 bits per heavy atom. The number of aromatic nitrogens is 3. The van der Waals surface area contributed by atoms with E-state index in [4.69, 9.17) is 5.73 Å². The van der Waals surface area contributed by atoms with Crippen LogP contribution in [0.1, 0.15) is 44.3 Å². The molecule has 1 aromatic rings. The van der Waals surface area contributed by atoms with Crippen LogP contribution in [-0.2, 0) is 18.3 Å². The van der Waals surface area contributed by atoms with Crippen molar-refractivity contribution in [3.8, 4) is 0 Å². The van der Waals surface area contributed by atoms with Crippen molar-refractivity contribution in [3.63, 3.8) is 0 Å². The summed E-state index contributed by atoms with van der Waals surface area (Å²) >= 11 is 1.82. The van der Waals surface area contributed by atoms with Gasteiger partial charge in [-0.25, -0.2) is 0 Å². The zero-order valence-electron chi connectivity index (χ0n) is 12.6. The average molecular weight is 308 g/mol. The molecule has 0 aliphatic heterocycles. The summed E-state index contributed by atoms with van der Waals surface area (Å²) in [5, 5.41) is 9.42. The van der Waals surface area contributed by atoms with E-state index in [0.29, 0.717) is 12.8 Å². The van der Waals surface area contributed by atoms with Gasteiger partial charge in [0.15, 0.2) is 5.16 Å². The van der Waals surface area contributed by atoms with E-state index in [2.05, 4.69) is 10.2 Å². The maximum atomic E-state index is 10.9. The van der Waals surface area contributed by atoms with Crippen molar-refractivity contribution in [1.29, 1.82) is 0 Å². The monoisotopic (exact) mass is 308 g/mol. The number of hydrogen-bond donors (Lipinski definition) is 1. The molecule has 1 atom stereocenters. The molecular formula is C15H24N4OS. The first-order valence-corrected chi connectivity index (χ1v) is 8.91. The molecule has 2 bridgehead atoms. The van der Waals surface area contributed by atoms with E-state index in [9.17, 15) is 4.79 Å². The lowest BCUT2D eigenvalue weighted by Crippen LogP contribution is -2.32. The van der Waals surface area contributed by atoms with Gasteiger partial charge in [0.25, 0.3) is 0 Å². The summed E-state index contributed by atoms with van der Waals surface area (Å²) in [6.45, 7) is 0. The Morgan fingerprint density at radius 3 is 2.71 bits per heavy atom. The standard InChI is InChI=1S/C15H24N4OS/c1-19-14(7-6-13(16)20)17-18-15(19)21-9-12-8-10-2-4-11(12)5-3-10/h10-12H,2-9H2,1H3,(H2,16,20). The summed E-state index contributed by atoms with van der Waals surface area (Å²) in [6.07, 6.45) is 8.08. The third-order valence-corrected chi connectivity index (χ3v) is 6.35. The van der Waals surface area contributed by atoms with Crippen LogP contribution in [0.15, 0.2) is 5.16 Å². The molecule has 1 amide bonds. The fourth-order valence-electron chi connectivity index (χ4n) is 3.83. The molecule has 6 heteroatoms. The molecule has 0 spiro atoms. The molecule has 3 saturated carbocycles. The molecule has 3 aliphatic rings. The Morgan fingerprint density at radius 2 is 2.10 bits per heavy atom. The van der Waals surface area contributed by atoms with Gasteiger partial charge in [-0.15, -0.1) is 10.2 Å². The highest BCUT2D eigenvalue weighted by Crippen LogP contribution is 2.46. The predicted molar refractivity (Wildman–Crippen MR) is 82.8 cm³/mol. The lowest BCUT2D eigenvalue weighted by Gasteiger charge is -2.42. The van der Waals surface area contributed by atoms with Crippen LogP contribution in [0, 0.1) is 17.8 Å². The zero-order chi connectivity index (χ0) is 14.8. The first-order valence-electron chi connectivity index (χ1n) is 7.93. The Kier molecular flexibility index (Phi) is 4.52. The molecule has 3 fully saturated rings. The Bertz CT molecular complexity index is 508. The second-order valence-corrected chi connectivity index (χ2v) is 7.50. The van der Waals surface area contributed by atoms with Crippen molar-refractivity contribution in [2.45, 2.75) is 50.1 Å². The van der Waals surface area contributed by atoms with E-state index in [-0.39, 0.29) is 5.91 Å². The van der Waals surface area contributed by atoms with Gasteiger partial charge in [0, 0.05) is 25.6 Å². The minimum Gasteiger partial charge on any atom is -0.370 e. The number of nitrogens with zero attached hydrogens (tertiary/aromatic N) is 3. The first-order chi connectivity index (χ1) is 10.1. The van der Waals surface area contributed by atoms with Crippen LogP contribution in [0.3, 0.4) is 0 Å². The smallest absolute Gasteiger partial charge is 0.217 e. The molecule has 0 saturated heterocycles. The second-order valence-electron chi connectivity index (χ2n) is 6.51. The van der Waals surface area contributed by atoms with Crippen LogP contribution in [0.4, 0.5) is 0 Å². The van der Waals surface area contributed by atoms with Crippen molar-refractivity contribution in [3.05, 3.63) is 5.82 Å². The van der Waals surface area contributed by atoms with Gasteiger partial charge in [0.1, 0.15) is 5.82 Å². The fraction of sp³-hybridized carbons (Fsp3) is 0.800. The molecular weight excluding hydrogens is 284 g/mol. The van der Waals surface area contributed by atoms with Gasteiger partial charge in [-0.1, -0.05) is 24.6 Å². The lowest BCUT2D eigenvalue weighted by atomic mass is 9.65. The number of aryl methyl sites for hydroxylation is 1. The van der Waals surface area contributed by atoms with Gasteiger partial charge in [-0.05, 0) is 37.0 Å². The SMILES string of the molecule is Cn1c(CCC(N)=O)nnc1SCC1CC2CCC1CC2. The molecule has 2 N–H and O–H groups in total. The quantitative estimate of drug-likeness (QED) is 0.817. The molecule has 116 valence electrons. The largest absolute Gasteiger partial charge is 0.370 e. The molecule has 1 aromatic heterocycles. The van der Waals surface area contributed by atoms with Crippen molar-refractivity contribution in [1.82, 2.24) is 14.8 Å². The van der Waals surface area contributed by atoms with Crippen molar-refractivity contribution >= 4 is 17.7 Å². The van der Waals surface area contributed by atoms with Crippen molar-refractivity contribution < 1.29 is 4.79 Å². The molecule has 1 heterocycles. The molecule has 0 radical (unpaired) electrons. The highest BCUT2D eigenvalue weighted by Gasteiger charge is 2.35. The number of nitrogens with two attached hydrogens (primary N) is 1. The Balaban J connectivity index is 1.54. The van der Waals surface area contributed by atoms with E-state index in [1.165, 1.54) is 32.1 Å². The topological polar surface area (TPSA) is 73.8 Å². The number of rotatable bonds is 6. The number of primary amides is 1. The van der Waals surface area contributed by atoms with E-state index in [1.54, 1.807) is 0 Å². The van der Waals surface area contributed by atoms with Crippen LogP contribution in [0.2, 0.25) is 0 Å². The minimum absolute atomic E-state index is 0.287. The van der Waals surface area contributed by atoms with Gasteiger partial charge in [-0.3, -0.25) is 4.79 Å². The zero-order valence-corrected chi connectivity index (χ0v) is 13.4. The summed E-state index contributed by atoms with van der Waals surface area (Å²) < 4.78 is 2.01. The number of carbonyl (C=O) groups excluding carboxylic acids is 1. The van der Waals surface area contributed by atoms with Crippen LogP contribution in [0.5, 0.6) is 0 Å². The predicted octanol–water partition coefficient (Wildman–Crippen LogP) is 2.15. The number of carbonyl (C=O) groups is 1. The van der Waals surface area contributed by atoms with Crippen LogP contribution >= 0.6 is 11.8 Å². The third-order valence-electron chi connectivity index (χ3n) is 5.14. The molecule has 4 rings (SSSR count). The third kappa shape index (κ3) is 3.42. The Hall–Kier alpha value is -1.04.